The summed E-state index contributed by atoms with van der Waals surface area (Å²) in [6.07, 6.45) is 0. The van der Waals surface area contributed by atoms with Gasteiger partial charge in [0.1, 0.15) is 3.70 Å². The Morgan fingerprint density at radius 3 is 2.67 bits per heavy atom. The van der Waals surface area contributed by atoms with Gasteiger partial charge in [0.15, 0.2) is 0 Å². The molecule has 0 atom stereocenters. The molecule has 0 unspecified atom stereocenters. The lowest BCUT2D eigenvalue weighted by Gasteiger charge is -1.96. The number of hydrogen-bond acceptors (Lipinski definition) is 2. The fourth-order valence-electron chi connectivity index (χ4n) is 0.984. The van der Waals surface area contributed by atoms with Gasteiger partial charge in [0.2, 0.25) is 0 Å². The highest BCUT2D eigenvalue weighted by molar-refractivity contribution is 14.1. The fraction of sp³-hybridized carbons (Fsp3) is 0. The van der Waals surface area contributed by atoms with Crippen LogP contribution in [0.3, 0.4) is 0 Å². The van der Waals surface area contributed by atoms with Crippen molar-refractivity contribution in [3.05, 3.63) is 31.5 Å². The van der Waals surface area contributed by atoms with E-state index in [1.54, 1.807) is 0 Å². The first-order valence-electron chi connectivity index (χ1n) is 3.34. The van der Waals surface area contributed by atoms with Crippen LogP contribution in [0, 0.1) is 7.27 Å². The van der Waals surface area contributed by atoms with Crippen LogP contribution in [-0.4, -0.2) is 10.2 Å². The van der Waals surface area contributed by atoms with Crippen LogP contribution >= 0.6 is 45.2 Å². The average Bonchev–Trinajstić information content (AvgIpc) is 2.05. The van der Waals surface area contributed by atoms with Gasteiger partial charge in [-0.1, -0.05) is 6.07 Å². The van der Waals surface area contributed by atoms with Crippen LogP contribution in [0.25, 0.3) is 10.9 Å². The molecule has 12 heavy (non-hydrogen) atoms. The molecule has 0 bridgehead atoms. The van der Waals surface area contributed by atoms with Gasteiger partial charge in [0, 0.05) is 8.96 Å². The Balaban J connectivity index is 2.79. The van der Waals surface area contributed by atoms with Crippen molar-refractivity contribution in [3.63, 3.8) is 0 Å². The summed E-state index contributed by atoms with van der Waals surface area (Å²) >= 11 is 4.43. The highest BCUT2D eigenvalue weighted by Gasteiger charge is 1.96. The predicted octanol–water partition coefficient (Wildman–Crippen LogP) is 2.84. The molecular formula is C8H4I2N2. The Kier molecular flexibility index (Phi) is 2.44. The zero-order valence-electron chi connectivity index (χ0n) is 5.96. The lowest BCUT2D eigenvalue weighted by Crippen LogP contribution is -1.87. The molecule has 0 amide bonds. The molecule has 0 spiro atoms. The molecule has 2 rings (SSSR count). The van der Waals surface area contributed by atoms with Crippen molar-refractivity contribution in [1.29, 1.82) is 0 Å². The summed E-state index contributed by atoms with van der Waals surface area (Å²) < 4.78 is 2.12. The van der Waals surface area contributed by atoms with Crippen LogP contribution in [0.2, 0.25) is 0 Å². The second kappa shape index (κ2) is 3.41. The van der Waals surface area contributed by atoms with Gasteiger partial charge in [0.05, 0.1) is 5.52 Å². The summed E-state index contributed by atoms with van der Waals surface area (Å²) in [7, 11) is 0. The highest BCUT2D eigenvalue weighted by Crippen LogP contribution is 2.15. The number of fused-ring (bicyclic) bond motifs is 1. The molecule has 0 aliphatic rings. The molecule has 60 valence electrons. The van der Waals surface area contributed by atoms with Crippen molar-refractivity contribution in [2.45, 2.75) is 0 Å². The molecule has 0 aliphatic carbocycles. The van der Waals surface area contributed by atoms with Gasteiger partial charge < -0.3 is 0 Å². The zero-order chi connectivity index (χ0) is 8.55. The predicted molar refractivity (Wildman–Crippen MR) is 65.0 cm³/mol. The highest BCUT2D eigenvalue weighted by atomic mass is 127. The van der Waals surface area contributed by atoms with Crippen LogP contribution in [-0.2, 0) is 0 Å². The summed E-state index contributed by atoms with van der Waals surface area (Å²) in [4.78, 5) is 0. The Morgan fingerprint density at radius 2 is 1.83 bits per heavy atom. The van der Waals surface area contributed by atoms with Gasteiger partial charge in [0.25, 0.3) is 0 Å². The van der Waals surface area contributed by atoms with Gasteiger partial charge in [-0.15, -0.1) is 10.2 Å². The van der Waals surface area contributed by atoms with Crippen LogP contribution in [0.5, 0.6) is 0 Å². The van der Waals surface area contributed by atoms with Crippen molar-refractivity contribution in [2.24, 2.45) is 0 Å². The van der Waals surface area contributed by atoms with Gasteiger partial charge in [-0.2, -0.15) is 0 Å². The number of halogens is 2. The Bertz CT molecular complexity index is 387. The summed E-state index contributed by atoms with van der Waals surface area (Å²) in [5.41, 5.74) is 0.960. The number of aromatic nitrogens is 2. The topological polar surface area (TPSA) is 25.8 Å². The van der Waals surface area contributed by atoms with Crippen LogP contribution < -0.4 is 0 Å². The van der Waals surface area contributed by atoms with Crippen LogP contribution in [0.1, 0.15) is 0 Å². The Morgan fingerprint density at radius 1 is 1.00 bits per heavy atom. The molecule has 0 saturated carbocycles. The van der Waals surface area contributed by atoms with Crippen molar-refractivity contribution >= 4 is 56.1 Å². The molecule has 0 radical (unpaired) electrons. The third kappa shape index (κ3) is 1.68. The SMILES string of the molecule is Ic1ccc2cc(I)nnc2c1. The van der Waals surface area contributed by atoms with E-state index in [-0.39, 0.29) is 0 Å². The molecule has 4 heteroatoms. The molecule has 0 aliphatic heterocycles. The number of nitrogens with zero attached hydrogens (tertiary/aromatic N) is 2. The number of rotatable bonds is 0. The number of benzene rings is 1. The molecule has 1 aromatic heterocycles. The number of hydrogen-bond donors (Lipinski definition) is 0. The molecule has 2 aromatic rings. The van der Waals surface area contributed by atoms with Crippen LogP contribution in [0.15, 0.2) is 24.3 Å². The summed E-state index contributed by atoms with van der Waals surface area (Å²) in [5.74, 6) is 0. The van der Waals surface area contributed by atoms with Crippen molar-refractivity contribution in [2.75, 3.05) is 0 Å². The summed E-state index contributed by atoms with van der Waals surface area (Å²) in [6.45, 7) is 0. The molecular weight excluding hydrogens is 378 g/mol. The first-order valence-corrected chi connectivity index (χ1v) is 5.50. The zero-order valence-corrected chi connectivity index (χ0v) is 10.3. The summed E-state index contributed by atoms with van der Waals surface area (Å²) in [5, 5.41) is 9.21. The van der Waals surface area contributed by atoms with E-state index in [4.69, 9.17) is 0 Å². The normalized spacial score (nSPS) is 10.5. The Hall–Kier alpha value is 0.0200. The molecule has 0 N–H and O–H groups in total. The third-order valence-corrected chi connectivity index (χ3v) is 2.72. The minimum atomic E-state index is 0.932. The van der Waals surface area contributed by atoms with E-state index in [1.807, 2.05) is 12.1 Å². The van der Waals surface area contributed by atoms with E-state index in [0.29, 0.717) is 0 Å². The first-order chi connectivity index (χ1) is 5.75. The molecule has 0 saturated heterocycles. The van der Waals surface area contributed by atoms with Gasteiger partial charge in [-0.05, 0) is 63.4 Å². The van der Waals surface area contributed by atoms with Gasteiger partial charge in [-0.25, -0.2) is 0 Å². The maximum absolute atomic E-state index is 4.08. The monoisotopic (exact) mass is 382 g/mol. The maximum Gasteiger partial charge on any atom is 0.124 e. The van der Waals surface area contributed by atoms with E-state index >= 15 is 0 Å². The van der Waals surface area contributed by atoms with Crippen molar-refractivity contribution < 1.29 is 0 Å². The minimum Gasteiger partial charge on any atom is -0.149 e. The molecule has 0 fully saturated rings. The van der Waals surface area contributed by atoms with E-state index in [0.717, 1.165) is 14.6 Å². The van der Waals surface area contributed by atoms with Crippen molar-refractivity contribution in [1.82, 2.24) is 10.2 Å². The molecule has 2 nitrogen and oxygen atoms in total. The largest absolute Gasteiger partial charge is 0.149 e. The Labute approximate surface area is 97.0 Å². The van der Waals surface area contributed by atoms with Gasteiger partial charge in [-0.3, -0.25) is 0 Å². The summed E-state index contributed by atoms with van der Waals surface area (Å²) in [6, 6.07) is 8.19. The minimum absolute atomic E-state index is 0.932. The van der Waals surface area contributed by atoms with Gasteiger partial charge >= 0.3 is 0 Å². The fourth-order valence-corrected chi connectivity index (χ4v) is 1.90. The van der Waals surface area contributed by atoms with E-state index < -0.39 is 0 Å². The third-order valence-electron chi connectivity index (χ3n) is 1.52. The van der Waals surface area contributed by atoms with Crippen LogP contribution in [0.4, 0.5) is 0 Å². The van der Waals surface area contributed by atoms with Crippen molar-refractivity contribution in [3.8, 4) is 0 Å². The second-order valence-electron chi connectivity index (χ2n) is 2.37. The lowest BCUT2D eigenvalue weighted by molar-refractivity contribution is 1.04. The quantitative estimate of drug-likeness (QED) is 0.656. The second-order valence-corrected chi connectivity index (χ2v) is 4.72. The standard InChI is InChI=1S/C8H4I2N2/c9-6-2-1-5-3-8(10)12-11-7(5)4-6/h1-4H. The molecule has 1 aromatic carbocycles. The van der Waals surface area contributed by atoms with E-state index in [1.165, 1.54) is 3.57 Å². The molecule has 1 heterocycles. The average molecular weight is 382 g/mol. The van der Waals surface area contributed by atoms with E-state index in [9.17, 15) is 0 Å². The van der Waals surface area contributed by atoms with E-state index in [2.05, 4.69) is 67.5 Å². The lowest BCUT2D eigenvalue weighted by atomic mass is 10.2. The first kappa shape index (κ1) is 8.61. The maximum atomic E-state index is 4.08. The smallest absolute Gasteiger partial charge is 0.124 e.